The minimum Gasteiger partial charge on any atom is -0.474 e. The lowest BCUT2D eigenvalue weighted by Gasteiger charge is -2.38. The van der Waals surface area contributed by atoms with E-state index in [0.29, 0.717) is 24.3 Å². The highest BCUT2D eigenvalue weighted by molar-refractivity contribution is 7.19. The molecule has 36 heavy (non-hydrogen) atoms. The van der Waals surface area contributed by atoms with E-state index in [-0.39, 0.29) is 17.9 Å². The van der Waals surface area contributed by atoms with Crippen molar-refractivity contribution < 1.29 is 14.3 Å². The maximum Gasteiger partial charge on any atom is 0.232 e. The lowest BCUT2D eigenvalue weighted by Crippen LogP contribution is -2.46. The van der Waals surface area contributed by atoms with Gasteiger partial charge in [-0.25, -0.2) is 4.98 Å². The lowest BCUT2D eigenvalue weighted by atomic mass is 9.91. The summed E-state index contributed by atoms with van der Waals surface area (Å²) in [5, 5.41) is 8.47. The van der Waals surface area contributed by atoms with Crippen LogP contribution in [-0.4, -0.2) is 69.0 Å². The van der Waals surface area contributed by atoms with Crippen molar-refractivity contribution in [3.05, 3.63) is 22.8 Å². The van der Waals surface area contributed by atoms with E-state index >= 15 is 0 Å². The van der Waals surface area contributed by atoms with Crippen LogP contribution in [0.4, 0.5) is 11.6 Å². The molecular weight excluding hydrogens is 478 g/mol. The van der Waals surface area contributed by atoms with Crippen molar-refractivity contribution in [3.63, 3.8) is 0 Å². The average molecular weight is 512 g/mol. The van der Waals surface area contributed by atoms with Crippen molar-refractivity contribution in [2.24, 2.45) is 12.8 Å². The van der Waals surface area contributed by atoms with Crippen LogP contribution in [0.25, 0.3) is 10.2 Å². The number of thiophene rings is 1. The maximum atomic E-state index is 11.8. The van der Waals surface area contributed by atoms with Crippen LogP contribution in [0, 0.1) is 0 Å². The van der Waals surface area contributed by atoms with Gasteiger partial charge in [-0.2, -0.15) is 10.1 Å². The highest BCUT2D eigenvalue weighted by atomic mass is 32.1. The summed E-state index contributed by atoms with van der Waals surface area (Å²) in [6.45, 7) is 3.71. The Morgan fingerprint density at radius 1 is 1.22 bits per heavy atom. The number of ether oxygens (including phenoxy) is 2. The molecule has 0 aromatic carbocycles. The van der Waals surface area contributed by atoms with Gasteiger partial charge in [-0.1, -0.05) is 0 Å². The molecule has 3 N–H and O–H groups in total. The van der Waals surface area contributed by atoms with Crippen molar-refractivity contribution in [2.75, 3.05) is 31.6 Å². The van der Waals surface area contributed by atoms with E-state index < -0.39 is 0 Å². The van der Waals surface area contributed by atoms with Gasteiger partial charge < -0.3 is 20.5 Å². The Kier molecular flexibility index (Phi) is 6.53. The summed E-state index contributed by atoms with van der Waals surface area (Å²) in [7, 11) is 1.87. The fourth-order valence-corrected chi connectivity index (χ4v) is 7.20. The second-order valence-corrected chi connectivity index (χ2v) is 11.2. The van der Waals surface area contributed by atoms with Crippen LogP contribution in [0.5, 0.6) is 5.88 Å². The van der Waals surface area contributed by atoms with Gasteiger partial charge in [0.1, 0.15) is 10.9 Å². The molecule has 11 heteroatoms. The van der Waals surface area contributed by atoms with Gasteiger partial charge in [0.2, 0.25) is 17.7 Å². The Morgan fingerprint density at radius 3 is 2.75 bits per heavy atom. The van der Waals surface area contributed by atoms with Gasteiger partial charge in [0, 0.05) is 43.7 Å². The van der Waals surface area contributed by atoms with E-state index in [1.54, 1.807) is 22.2 Å². The zero-order valence-electron chi connectivity index (χ0n) is 20.6. The third kappa shape index (κ3) is 4.79. The highest BCUT2D eigenvalue weighted by Gasteiger charge is 2.33. The summed E-state index contributed by atoms with van der Waals surface area (Å²) in [6, 6.07) is 0.604. The van der Waals surface area contributed by atoms with Gasteiger partial charge in [0.05, 0.1) is 30.5 Å². The summed E-state index contributed by atoms with van der Waals surface area (Å²) < 4.78 is 13.9. The van der Waals surface area contributed by atoms with E-state index in [9.17, 15) is 4.79 Å². The number of carbonyl (C=O) groups excluding carboxylic acids is 1. The fourth-order valence-electron chi connectivity index (χ4n) is 5.93. The highest BCUT2D eigenvalue weighted by Crippen LogP contribution is 2.48. The molecule has 0 bridgehead atoms. The summed E-state index contributed by atoms with van der Waals surface area (Å²) in [4.78, 5) is 26.2. The standard InChI is InChI=1S/C25H33N7O3S/c1-31-14-16(13-27-31)28-25-29-23(35-18-5-3-17(4-6-18)32-8-10-34-11-9-32)22-21-15(12-20(26)33)2-7-19(21)36-24(22)30-25/h13-15,17-18H,2-12H2,1H3,(H2,26,33)(H,28,29,30). The Hall–Kier alpha value is -2.76. The first-order valence-corrected chi connectivity index (χ1v) is 13.7. The maximum absolute atomic E-state index is 11.8. The molecule has 0 radical (unpaired) electrons. The summed E-state index contributed by atoms with van der Waals surface area (Å²) in [6.07, 6.45) is 10.2. The Balaban J connectivity index is 1.28. The number of primary amides is 1. The number of anilines is 2. The number of rotatable bonds is 7. The molecule has 1 atom stereocenters. The zero-order chi connectivity index (χ0) is 24.6. The quantitative estimate of drug-likeness (QED) is 0.497. The van der Waals surface area contributed by atoms with Gasteiger partial charge in [0.15, 0.2) is 0 Å². The molecule has 3 aliphatic rings. The van der Waals surface area contributed by atoms with Crippen molar-refractivity contribution in [1.29, 1.82) is 0 Å². The van der Waals surface area contributed by atoms with E-state index in [1.807, 2.05) is 13.2 Å². The van der Waals surface area contributed by atoms with Crippen LogP contribution >= 0.6 is 11.3 Å². The fraction of sp³-hybridized carbons (Fsp3) is 0.600. The minimum atomic E-state index is -0.271. The predicted octanol–water partition coefficient (Wildman–Crippen LogP) is 3.10. The van der Waals surface area contributed by atoms with Gasteiger partial charge in [-0.3, -0.25) is 14.4 Å². The molecule has 3 aromatic rings. The predicted molar refractivity (Wildman–Crippen MR) is 138 cm³/mol. The molecule has 10 nitrogen and oxygen atoms in total. The zero-order valence-corrected chi connectivity index (χ0v) is 21.4. The van der Waals surface area contributed by atoms with Crippen LogP contribution in [0.1, 0.15) is 54.9 Å². The first-order valence-electron chi connectivity index (χ1n) is 12.9. The molecule has 3 aromatic heterocycles. The minimum absolute atomic E-state index is 0.103. The van der Waals surface area contributed by atoms with E-state index in [4.69, 9.17) is 25.2 Å². The largest absolute Gasteiger partial charge is 0.474 e. The van der Waals surface area contributed by atoms with Crippen LogP contribution in [0.15, 0.2) is 12.4 Å². The number of nitrogens with two attached hydrogens (primary N) is 1. The monoisotopic (exact) mass is 511 g/mol. The number of hydrogen-bond acceptors (Lipinski definition) is 9. The smallest absolute Gasteiger partial charge is 0.232 e. The second kappa shape index (κ2) is 9.95. The number of amides is 1. The first kappa shape index (κ1) is 23.6. The number of hydrogen-bond donors (Lipinski definition) is 2. The van der Waals surface area contributed by atoms with Gasteiger partial charge in [-0.15, -0.1) is 11.3 Å². The summed E-state index contributed by atoms with van der Waals surface area (Å²) in [5.41, 5.74) is 7.58. The molecule has 1 saturated carbocycles. The third-order valence-electron chi connectivity index (χ3n) is 7.65. The van der Waals surface area contributed by atoms with Crippen molar-refractivity contribution in [2.45, 2.75) is 63.0 Å². The second-order valence-electron chi connectivity index (χ2n) is 10.1. The van der Waals surface area contributed by atoms with Crippen LogP contribution < -0.4 is 15.8 Å². The third-order valence-corrected chi connectivity index (χ3v) is 8.81. The van der Waals surface area contributed by atoms with Crippen molar-refractivity contribution in [1.82, 2.24) is 24.6 Å². The lowest BCUT2D eigenvalue weighted by molar-refractivity contribution is -0.118. The van der Waals surface area contributed by atoms with Crippen LogP contribution in [0.3, 0.4) is 0 Å². The summed E-state index contributed by atoms with van der Waals surface area (Å²) >= 11 is 1.68. The number of fused-ring (bicyclic) bond motifs is 3. The van der Waals surface area contributed by atoms with Crippen molar-refractivity contribution in [3.8, 4) is 5.88 Å². The van der Waals surface area contributed by atoms with Crippen LogP contribution in [-0.2, 0) is 23.0 Å². The SMILES string of the molecule is Cn1cc(Nc2nc(OC3CCC(N4CCOCC4)CC3)c3c4c(sc3n2)CCC4CC(N)=O)cn1. The van der Waals surface area contributed by atoms with Gasteiger partial charge in [0.25, 0.3) is 0 Å². The molecule has 192 valence electrons. The Labute approximate surface area is 214 Å². The average Bonchev–Trinajstić information content (AvgIpc) is 3.56. The van der Waals surface area contributed by atoms with Gasteiger partial charge >= 0.3 is 0 Å². The van der Waals surface area contributed by atoms with Gasteiger partial charge in [-0.05, 0) is 50.0 Å². The van der Waals surface area contributed by atoms with E-state index in [0.717, 1.165) is 80.7 Å². The molecule has 2 aliphatic carbocycles. The summed E-state index contributed by atoms with van der Waals surface area (Å²) in [5.74, 6) is 0.951. The number of carbonyl (C=O) groups is 1. The number of morpholine rings is 1. The van der Waals surface area contributed by atoms with E-state index in [1.165, 1.54) is 10.4 Å². The molecular formula is C25H33N7O3S. The normalized spacial score (nSPS) is 24.6. The van der Waals surface area contributed by atoms with Crippen molar-refractivity contribution >= 4 is 39.1 Å². The van der Waals surface area contributed by atoms with Crippen LogP contribution in [0.2, 0.25) is 0 Å². The molecule has 1 saturated heterocycles. The molecule has 1 amide bonds. The Bertz CT molecular complexity index is 1240. The Morgan fingerprint density at radius 2 is 2.03 bits per heavy atom. The molecule has 2 fully saturated rings. The first-order chi connectivity index (χ1) is 17.5. The van der Waals surface area contributed by atoms with E-state index in [2.05, 4.69) is 15.3 Å². The molecule has 1 aliphatic heterocycles. The number of nitrogens with one attached hydrogen (secondary N) is 1. The molecule has 4 heterocycles. The molecule has 6 rings (SSSR count). The number of nitrogens with zero attached hydrogens (tertiary/aromatic N) is 5. The topological polar surface area (TPSA) is 120 Å². The number of aryl methyl sites for hydroxylation is 2. The molecule has 1 unspecified atom stereocenters. The number of aromatic nitrogens is 4. The molecule has 0 spiro atoms.